The molecule has 8 heteroatoms. The lowest BCUT2D eigenvalue weighted by Crippen LogP contribution is -2.28. The lowest BCUT2D eigenvalue weighted by atomic mass is 10.2. The van der Waals surface area contributed by atoms with E-state index >= 15 is 0 Å². The Labute approximate surface area is 102 Å². The van der Waals surface area contributed by atoms with E-state index < -0.39 is 16.9 Å². The Morgan fingerprint density at radius 1 is 1.72 bits per heavy atom. The van der Waals surface area contributed by atoms with Crippen LogP contribution in [-0.2, 0) is 9.53 Å². The Kier molecular flexibility index (Phi) is 4.15. The standard InChI is InChI=1S/C10H10N4O4/c1-6(10(15)18-2)13-9-8(14(16)17)3-7(4-11)5-12-9/h3,5-6H,1-2H3,(H,12,13). The third-order valence-electron chi connectivity index (χ3n) is 2.10. The van der Waals surface area contributed by atoms with Gasteiger partial charge in [-0.15, -0.1) is 0 Å². The molecule has 1 rings (SSSR count). The number of anilines is 1. The van der Waals surface area contributed by atoms with Gasteiger partial charge in [0.15, 0.2) is 0 Å². The molecule has 0 fully saturated rings. The summed E-state index contributed by atoms with van der Waals surface area (Å²) in [6.45, 7) is 1.48. The number of nitro groups is 1. The topological polar surface area (TPSA) is 118 Å². The van der Waals surface area contributed by atoms with Gasteiger partial charge in [0.25, 0.3) is 0 Å². The van der Waals surface area contributed by atoms with Gasteiger partial charge >= 0.3 is 11.7 Å². The first-order valence-electron chi connectivity index (χ1n) is 4.88. The summed E-state index contributed by atoms with van der Waals surface area (Å²) in [5.74, 6) is -0.660. The second-order valence-electron chi connectivity index (χ2n) is 3.35. The number of aromatic nitrogens is 1. The average Bonchev–Trinajstić information content (AvgIpc) is 2.37. The van der Waals surface area contributed by atoms with E-state index in [4.69, 9.17) is 5.26 Å². The highest BCUT2D eigenvalue weighted by Gasteiger charge is 2.21. The van der Waals surface area contributed by atoms with Crippen molar-refractivity contribution in [1.82, 2.24) is 4.98 Å². The summed E-state index contributed by atoms with van der Waals surface area (Å²) < 4.78 is 4.48. The van der Waals surface area contributed by atoms with Crippen LogP contribution in [0.2, 0.25) is 0 Å². The molecule has 0 bridgehead atoms. The second-order valence-corrected chi connectivity index (χ2v) is 3.35. The molecule has 1 heterocycles. The third-order valence-corrected chi connectivity index (χ3v) is 2.10. The molecule has 0 saturated heterocycles. The van der Waals surface area contributed by atoms with E-state index in [0.29, 0.717) is 0 Å². The quantitative estimate of drug-likeness (QED) is 0.477. The molecule has 0 aromatic carbocycles. The molecule has 0 aliphatic heterocycles. The molecule has 0 aliphatic rings. The summed E-state index contributed by atoms with van der Waals surface area (Å²) in [5, 5.41) is 22.0. The molecule has 0 saturated carbocycles. The van der Waals surface area contributed by atoms with E-state index in [1.807, 2.05) is 0 Å². The monoisotopic (exact) mass is 250 g/mol. The molecule has 1 atom stereocenters. The fourth-order valence-corrected chi connectivity index (χ4v) is 1.21. The summed E-state index contributed by atoms with van der Waals surface area (Å²) >= 11 is 0. The van der Waals surface area contributed by atoms with Gasteiger partial charge in [-0.3, -0.25) is 10.1 Å². The minimum Gasteiger partial charge on any atom is -0.467 e. The first-order valence-corrected chi connectivity index (χ1v) is 4.88. The van der Waals surface area contributed by atoms with E-state index in [2.05, 4.69) is 15.0 Å². The van der Waals surface area contributed by atoms with Crippen LogP contribution >= 0.6 is 0 Å². The van der Waals surface area contributed by atoms with Crippen molar-refractivity contribution in [2.24, 2.45) is 0 Å². The van der Waals surface area contributed by atoms with Gasteiger partial charge in [0.2, 0.25) is 5.82 Å². The van der Waals surface area contributed by atoms with Crippen molar-refractivity contribution < 1.29 is 14.5 Å². The highest BCUT2D eigenvalue weighted by Crippen LogP contribution is 2.23. The first kappa shape index (κ1) is 13.4. The molecule has 1 N–H and O–H groups in total. The first-order chi connectivity index (χ1) is 8.49. The highest BCUT2D eigenvalue weighted by atomic mass is 16.6. The van der Waals surface area contributed by atoms with Crippen molar-refractivity contribution in [3.63, 3.8) is 0 Å². The van der Waals surface area contributed by atoms with Gasteiger partial charge in [0, 0.05) is 12.3 Å². The number of carbonyl (C=O) groups is 1. The fourth-order valence-electron chi connectivity index (χ4n) is 1.21. The molecule has 0 aliphatic carbocycles. The van der Waals surface area contributed by atoms with Crippen LogP contribution in [0, 0.1) is 21.4 Å². The van der Waals surface area contributed by atoms with Crippen molar-refractivity contribution in [1.29, 1.82) is 5.26 Å². The number of ether oxygens (including phenoxy) is 1. The van der Waals surface area contributed by atoms with E-state index in [-0.39, 0.29) is 17.1 Å². The number of esters is 1. The minimum absolute atomic E-state index is 0.0676. The Morgan fingerprint density at radius 3 is 2.89 bits per heavy atom. The number of carbonyl (C=O) groups excluding carboxylic acids is 1. The van der Waals surface area contributed by atoms with Crippen molar-refractivity contribution >= 4 is 17.5 Å². The third kappa shape index (κ3) is 2.91. The zero-order valence-electron chi connectivity index (χ0n) is 9.71. The van der Waals surface area contributed by atoms with Crippen LogP contribution in [0.4, 0.5) is 11.5 Å². The minimum atomic E-state index is -0.783. The van der Waals surface area contributed by atoms with E-state index in [9.17, 15) is 14.9 Å². The number of pyridine rings is 1. The van der Waals surface area contributed by atoms with Gasteiger partial charge in [-0.1, -0.05) is 0 Å². The van der Waals surface area contributed by atoms with Crippen LogP contribution in [0.3, 0.4) is 0 Å². The Bertz CT molecular complexity index is 523. The normalized spacial score (nSPS) is 11.2. The van der Waals surface area contributed by atoms with Gasteiger partial charge in [-0.05, 0) is 6.92 Å². The zero-order valence-corrected chi connectivity index (χ0v) is 9.71. The summed E-state index contributed by atoms with van der Waals surface area (Å²) in [5.41, 5.74) is -0.303. The lowest BCUT2D eigenvalue weighted by molar-refractivity contribution is -0.384. The maximum absolute atomic E-state index is 11.2. The lowest BCUT2D eigenvalue weighted by Gasteiger charge is -2.11. The average molecular weight is 250 g/mol. The highest BCUT2D eigenvalue weighted by molar-refractivity contribution is 5.79. The van der Waals surface area contributed by atoms with Crippen LogP contribution in [-0.4, -0.2) is 29.0 Å². The number of hydrogen-bond acceptors (Lipinski definition) is 7. The molecule has 0 amide bonds. The van der Waals surface area contributed by atoms with Gasteiger partial charge in [0.05, 0.1) is 17.6 Å². The molecule has 8 nitrogen and oxygen atoms in total. The predicted molar refractivity (Wildman–Crippen MR) is 60.7 cm³/mol. The van der Waals surface area contributed by atoms with E-state index in [0.717, 1.165) is 6.07 Å². The van der Waals surface area contributed by atoms with Gasteiger partial charge in [-0.2, -0.15) is 5.26 Å². The Balaban J connectivity index is 3.06. The van der Waals surface area contributed by atoms with Crippen molar-refractivity contribution in [2.75, 3.05) is 12.4 Å². The summed E-state index contributed by atoms with van der Waals surface area (Å²) in [4.78, 5) is 25.1. The molecule has 1 aromatic heterocycles. The predicted octanol–water partition coefficient (Wildman–Crippen LogP) is 0.835. The number of nitriles is 1. The van der Waals surface area contributed by atoms with Crippen LogP contribution in [0.1, 0.15) is 12.5 Å². The van der Waals surface area contributed by atoms with Crippen LogP contribution in [0.5, 0.6) is 0 Å². The van der Waals surface area contributed by atoms with Crippen molar-refractivity contribution in [2.45, 2.75) is 13.0 Å². The van der Waals surface area contributed by atoms with Gasteiger partial charge < -0.3 is 10.1 Å². The zero-order chi connectivity index (χ0) is 13.7. The number of hydrogen-bond donors (Lipinski definition) is 1. The molecular weight excluding hydrogens is 240 g/mol. The smallest absolute Gasteiger partial charge is 0.328 e. The van der Waals surface area contributed by atoms with Crippen LogP contribution in [0.15, 0.2) is 12.3 Å². The Hall–Kier alpha value is -2.69. The van der Waals surface area contributed by atoms with Gasteiger partial charge in [0.1, 0.15) is 12.1 Å². The van der Waals surface area contributed by atoms with Crippen LogP contribution in [0.25, 0.3) is 0 Å². The van der Waals surface area contributed by atoms with Crippen LogP contribution < -0.4 is 5.32 Å². The molecule has 0 radical (unpaired) electrons. The fraction of sp³-hybridized carbons (Fsp3) is 0.300. The SMILES string of the molecule is COC(=O)C(C)Nc1ncc(C#N)cc1[N+](=O)[O-]. The molecule has 1 unspecified atom stereocenters. The summed E-state index contributed by atoms with van der Waals surface area (Å²) in [6, 6.07) is 2.05. The summed E-state index contributed by atoms with van der Waals surface area (Å²) in [6.07, 6.45) is 1.18. The molecule has 18 heavy (non-hydrogen) atoms. The Morgan fingerprint density at radius 2 is 2.39 bits per heavy atom. The van der Waals surface area contributed by atoms with E-state index in [1.165, 1.54) is 20.2 Å². The molecular formula is C10H10N4O4. The van der Waals surface area contributed by atoms with Gasteiger partial charge in [-0.25, -0.2) is 9.78 Å². The molecule has 94 valence electrons. The summed E-state index contributed by atoms with van der Waals surface area (Å²) in [7, 11) is 1.21. The molecule has 0 spiro atoms. The van der Waals surface area contributed by atoms with E-state index in [1.54, 1.807) is 6.07 Å². The largest absolute Gasteiger partial charge is 0.467 e. The van der Waals surface area contributed by atoms with Crippen molar-refractivity contribution in [3.8, 4) is 6.07 Å². The molecule has 1 aromatic rings. The number of nitrogens with one attached hydrogen (secondary N) is 1. The second kappa shape index (κ2) is 5.58. The number of nitrogens with zero attached hydrogens (tertiary/aromatic N) is 3. The van der Waals surface area contributed by atoms with Crippen molar-refractivity contribution in [3.05, 3.63) is 27.9 Å². The number of rotatable bonds is 4. The maximum atomic E-state index is 11.2. The number of methoxy groups -OCH3 is 1. The maximum Gasteiger partial charge on any atom is 0.328 e.